The quantitative estimate of drug-likeness (QED) is 0.460. The number of ether oxygens (including phenoxy) is 3. The second kappa shape index (κ2) is 9.63. The summed E-state index contributed by atoms with van der Waals surface area (Å²) in [5.74, 6) is 0.962. The summed E-state index contributed by atoms with van der Waals surface area (Å²) in [4.78, 5) is 10.9. The molecule has 0 aromatic rings. The first-order chi connectivity index (χ1) is 10.7. The molecule has 0 aromatic carbocycles. The molecule has 1 aliphatic rings. The van der Waals surface area contributed by atoms with Crippen LogP contribution in [0.15, 0.2) is 0 Å². The van der Waals surface area contributed by atoms with Crippen molar-refractivity contribution in [2.24, 2.45) is 17.3 Å². The molecule has 1 fully saturated rings. The Balaban J connectivity index is 2.19. The van der Waals surface area contributed by atoms with E-state index in [0.29, 0.717) is 24.5 Å². The van der Waals surface area contributed by atoms with Gasteiger partial charge in [0, 0.05) is 13.5 Å². The molecular weight excluding hydrogens is 292 g/mol. The number of rotatable bonds is 9. The van der Waals surface area contributed by atoms with Crippen LogP contribution in [0.25, 0.3) is 0 Å². The first-order valence-corrected chi connectivity index (χ1v) is 9.15. The summed E-state index contributed by atoms with van der Waals surface area (Å²) >= 11 is 0. The highest BCUT2D eigenvalue weighted by Gasteiger charge is 2.27. The predicted molar refractivity (Wildman–Crippen MR) is 92.1 cm³/mol. The van der Waals surface area contributed by atoms with Crippen LogP contribution in [0.5, 0.6) is 0 Å². The molecule has 0 amide bonds. The third kappa shape index (κ3) is 7.67. The highest BCUT2D eigenvalue weighted by molar-refractivity contribution is 5.65. The van der Waals surface area contributed by atoms with Crippen LogP contribution in [0.1, 0.15) is 73.6 Å². The van der Waals surface area contributed by atoms with E-state index in [4.69, 9.17) is 14.2 Å². The Morgan fingerprint density at radius 3 is 1.96 bits per heavy atom. The summed E-state index contributed by atoms with van der Waals surface area (Å²) in [6, 6.07) is 0. The fourth-order valence-electron chi connectivity index (χ4n) is 2.90. The average Bonchev–Trinajstić information content (AvgIpc) is 2.50. The van der Waals surface area contributed by atoms with Crippen LogP contribution in [-0.2, 0) is 19.0 Å². The molecule has 0 saturated heterocycles. The minimum Gasteiger partial charge on any atom is -0.436 e. The summed E-state index contributed by atoms with van der Waals surface area (Å²) in [6.45, 7) is 13.7. The van der Waals surface area contributed by atoms with Gasteiger partial charge in [0.15, 0.2) is 6.29 Å². The van der Waals surface area contributed by atoms with Crippen molar-refractivity contribution in [1.82, 2.24) is 0 Å². The zero-order chi connectivity index (χ0) is 17.5. The molecule has 0 bridgehead atoms. The molecule has 0 spiro atoms. The highest BCUT2D eigenvalue weighted by Crippen LogP contribution is 2.32. The zero-order valence-electron chi connectivity index (χ0n) is 15.9. The van der Waals surface area contributed by atoms with E-state index in [1.807, 2.05) is 0 Å². The largest absolute Gasteiger partial charge is 0.436 e. The number of carbonyl (C=O) groups is 1. The molecule has 4 heteroatoms. The lowest BCUT2D eigenvalue weighted by Gasteiger charge is -2.34. The van der Waals surface area contributed by atoms with Crippen molar-refractivity contribution in [3.05, 3.63) is 0 Å². The van der Waals surface area contributed by atoms with Gasteiger partial charge in [-0.15, -0.1) is 0 Å². The fourth-order valence-corrected chi connectivity index (χ4v) is 2.90. The molecule has 0 N–H and O–H groups in total. The van der Waals surface area contributed by atoms with Crippen LogP contribution < -0.4 is 0 Å². The molecule has 1 saturated carbocycles. The molecular formula is C19H36O4. The Kier molecular flexibility index (Phi) is 8.56. The van der Waals surface area contributed by atoms with E-state index in [2.05, 4.69) is 27.7 Å². The van der Waals surface area contributed by atoms with Crippen molar-refractivity contribution in [3.63, 3.8) is 0 Å². The van der Waals surface area contributed by atoms with Gasteiger partial charge >= 0.3 is 5.97 Å². The molecule has 4 nitrogen and oxygen atoms in total. The maximum absolute atomic E-state index is 10.9. The molecule has 2 atom stereocenters. The fraction of sp³-hybridized carbons (Fsp3) is 0.947. The van der Waals surface area contributed by atoms with Gasteiger partial charge in [-0.1, -0.05) is 20.8 Å². The summed E-state index contributed by atoms with van der Waals surface area (Å²) in [5.41, 5.74) is 0.248. The minimum atomic E-state index is -0.439. The lowest BCUT2D eigenvalue weighted by Crippen LogP contribution is -2.31. The second-order valence-electron chi connectivity index (χ2n) is 7.71. The van der Waals surface area contributed by atoms with Crippen LogP contribution >= 0.6 is 0 Å². The van der Waals surface area contributed by atoms with Crippen molar-refractivity contribution in [3.8, 4) is 0 Å². The second-order valence-corrected chi connectivity index (χ2v) is 7.71. The lowest BCUT2D eigenvalue weighted by molar-refractivity contribution is -0.175. The first-order valence-electron chi connectivity index (χ1n) is 9.15. The summed E-state index contributed by atoms with van der Waals surface area (Å²) in [5, 5.41) is 0. The maximum Gasteiger partial charge on any atom is 0.304 e. The van der Waals surface area contributed by atoms with Crippen molar-refractivity contribution in [1.29, 1.82) is 0 Å². The number of hydrogen-bond acceptors (Lipinski definition) is 4. The van der Waals surface area contributed by atoms with E-state index >= 15 is 0 Å². The van der Waals surface area contributed by atoms with Crippen molar-refractivity contribution < 1.29 is 19.0 Å². The van der Waals surface area contributed by atoms with Gasteiger partial charge in [-0.05, 0) is 63.2 Å². The smallest absolute Gasteiger partial charge is 0.304 e. The Bertz CT molecular complexity index is 345. The van der Waals surface area contributed by atoms with Crippen LogP contribution in [0.3, 0.4) is 0 Å². The Morgan fingerprint density at radius 2 is 1.52 bits per heavy atom. The molecule has 0 heterocycles. The standard InChI is InChI=1S/C19H36O4/c1-7-19(5,6)14(2)21-12-17-8-10-18(11-9-17)13-22-16(4)23-15(3)20/h14,16-18H,7-13H2,1-6H3. The molecule has 136 valence electrons. The third-order valence-electron chi connectivity index (χ3n) is 5.46. The first kappa shape index (κ1) is 20.4. The molecule has 1 aliphatic carbocycles. The Hall–Kier alpha value is -0.610. The van der Waals surface area contributed by atoms with Gasteiger partial charge in [0.05, 0.1) is 12.7 Å². The number of carbonyl (C=O) groups excluding carboxylic acids is 1. The van der Waals surface area contributed by atoms with Crippen LogP contribution in [0.2, 0.25) is 0 Å². The number of hydrogen-bond donors (Lipinski definition) is 0. The van der Waals surface area contributed by atoms with Crippen LogP contribution in [-0.4, -0.2) is 31.6 Å². The lowest BCUT2D eigenvalue weighted by atomic mass is 9.82. The maximum atomic E-state index is 10.9. The molecule has 0 aliphatic heterocycles. The van der Waals surface area contributed by atoms with E-state index in [1.54, 1.807) is 6.92 Å². The van der Waals surface area contributed by atoms with E-state index in [1.165, 1.54) is 32.6 Å². The van der Waals surface area contributed by atoms with Gasteiger partial charge in [-0.25, -0.2) is 0 Å². The average molecular weight is 328 g/mol. The molecule has 0 radical (unpaired) electrons. The van der Waals surface area contributed by atoms with Crippen LogP contribution in [0, 0.1) is 17.3 Å². The molecule has 23 heavy (non-hydrogen) atoms. The SMILES string of the molecule is CCC(C)(C)C(C)OCC1CCC(COC(C)OC(C)=O)CC1. The van der Waals surface area contributed by atoms with E-state index < -0.39 is 6.29 Å². The normalized spacial score (nSPS) is 25.0. The van der Waals surface area contributed by atoms with E-state index in [0.717, 1.165) is 13.0 Å². The van der Waals surface area contributed by atoms with Gasteiger partial charge in [-0.3, -0.25) is 4.79 Å². The van der Waals surface area contributed by atoms with Gasteiger partial charge < -0.3 is 14.2 Å². The van der Waals surface area contributed by atoms with Crippen molar-refractivity contribution >= 4 is 5.97 Å². The van der Waals surface area contributed by atoms with E-state index in [9.17, 15) is 4.79 Å². The molecule has 1 rings (SSSR count). The Labute approximate surface area is 142 Å². The van der Waals surface area contributed by atoms with Gasteiger partial charge in [0.2, 0.25) is 0 Å². The van der Waals surface area contributed by atoms with E-state index in [-0.39, 0.29) is 11.4 Å². The third-order valence-corrected chi connectivity index (χ3v) is 5.46. The molecule has 2 unspecified atom stereocenters. The predicted octanol–water partition coefficient (Wildman–Crippen LogP) is 4.56. The number of esters is 1. The summed E-state index contributed by atoms with van der Waals surface area (Å²) in [6.07, 6.45) is 5.76. The summed E-state index contributed by atoms with van der Waals surface area (Å²) < 4.78 is 16.7. The van der Waals surface area contributed by atoms with Crippen molar-refractivity contribution in [2.45, 2.75) is 86.0 Å². The molecule has 0 aromatic heterocycles. The van der Waals surface area contributed by atoms with Crippen molar-refractivity contribution in [2.75, 3.05) is 13.2 Å². The summed E-state index contributed by atoms with van der Waals surface area (Å²) in [7, 11) is 0. The van der Waals surface area contributed by atoms with Gasteiger partial charge in [0.25, 0.3) is 0 Å². The van der Waals surface area contributed by atoms with Gasteiger partial charge in [0.1, 0.15) is 0 Å². The highest BCUT2D eigenvalue weighted by atomic mass is 16.7. The Morgan fingerprint density at radius 1 is 1.04 bits per heavy atom. The minimum absolute atomic E-state index is 0.248. The van der Waals surface area contributed by atoms with Gasteiger partial charge in [-0.2, -0.15) is 0 Å². The monoisotopic (exact) mass is 328 g/mol. The zero-order valence-corrected chi connectivity index (χ0v) is 15.9. The topological polar surface area (TPSA) is 44.8 Å². The van der Waals surface area contributed by atoms with Crippen LogP contribution in [0.4, 0.5) is 0 Å².